The standard InChI is InChI=1S/C13H9BrN2S/c1-8-7-10(9-5-3-2-4-6-9)11-12(14)16-17-13(11)15-8/h2-7H,1H3. The Bertz CT molecular complexity index is 676. The molecule has 4 heteroatoms. The van der Waals surface area contributed by atoms with Crippen molar-refractivity contribution in [2.24, 2.45) is 0 Å². The molecule has 0 fully saturated rings. The van der Waals surface area contributed by atoms with E-state index in [-0.39, 0.29) is 0 Å². The molecule has 2 nitrogen and oxygen atoms in total. The second kappa shape index (κ2) is 4.20. The van der Waals surface area contributed by atoms with Crippen LogP contribution in [0.5, 0.6) is 0 Å². The number of nitrogens with zero attached hydrogens (tertiary/aromatic N) is 2. The van der Waals surface area contributed by atoms with Crippen molar-refractivity contribution < 1.29 is 0 Å². The lowest BCUT2D eigenvalue weighted by Gasteiger charge is -2.04. The summed E-state index contributed by atoms with van der Waals surface area (Å²) in [5, 5.41) is 1.10. The van der Waals surface area contributed by atoms with E-state index in [4.69, 9.17) is 0 Å². The van der Waals surface area contributed by atoms with E-state index >= 15 is 0 Å². The first-order valence-corrected chi connectivity index (χ1v) is 6.80. The Labute approximate surface area is 112 Å². The lowest BCUT2D eigenvalue weighted by Crippen LogP contribution is -1.85. The van der Waals surface area contributed by atoms with E-state index < -0.39 is 0 Å². The van der Waals surface area contributed by atoms with Gasteiger partial charge in [-0.05, 0) is 51.6 Å². The molecule has 0 aliphatic heterocycles. The molecule has 2 heterocycles. The van der Waals surface area contributed by atoms with Crippen molar-refractivity contribution in [3.63, 3.8) is 0 Å². The number of halogens is 1. The molecule has 0 radical (unpaired) electrons. The molecule has 0 aliphatic carbocycles. The van der Waals surface area contributed by atoms with Crippen LogP contribution in [0.3, 0.4) is 0 Å². The average Bonchev–Trinajstić information content (AvgIpc) is 2.71. The number of hydrogen-bond donors (Lipinski definition) is 0. The van der Waals surface area contributed by atoms with Gasteiger partial charge in [-0.15, -0.1) is 0 Å². The maximum Gasteiger partial charge on any atom is 0.145 e. The quantitative estimate of drug-likeness (QED) is 0.664. The van der Waals surface area contributed by atoms with Crippen molar-refractivity contribution in [2.75, 3.05) is 0 Å². The summed E-state index contributed by atoms with van der Waals surface area (Å²) < 4.78 is 5.20. The van der Waals surface area contributed by atoms with Crippen molar-refractivity contribution in [1.29, 1.82) is 0 Å². The molecule has 2 aromatic heterocycles. The number of rotatable bonds is 1. The van der Waals surface area contributed by atoms with Gasteiger partial charge in [-0.3, -0.25) is 0 Å². The van der Waals surface area contributed by atoms with Crippen LogP contribution >= 0.6 is 27.5 Å². The Hall–Kier alpha value is -1.26. The maximum absolute atomic E-state index is 4.51. The Morgan fingerprint density at radius 1 is 1.18 bits per heavy atom. The minimum Gasteiger partial charge on any atom is -0.241 e. The van der Waals surface area contributed by atoms with Crippen molar-refractivity contribution in [3.8, 4) is 11.1 Å². The second-order valence-electron chi connectivity index (χ2n) is 3.83. The maximum atomic E-state index is 4.51. The molecule has 84 valence electrons. The normalized spacial score (nSPS) is 10.9. The highest BCUT2D eigenvalue weighted by Crippen LogP contribution is 2.35. The number of fused-ring (bicyclic) bond motifs is 1. The van der Waals surface area contributed by atoms with Gasteiger partial charge < -0.3 is 0 Å². The van der Waals surface area contributed by atoms with Crippen molar-refractivity contribution in [3.05, 3.63) is 46.7 Å². The van der Waals surface area contributed by atoms with Gasteiger partial charge in [0.15, 0.2) is 0 Å². The van der Waals surface area contributed by atoms with Gasteiger partial charge in [0.05, 0.1) is 5.39 Å². The van der Waals surface area contributed by atoms with Gasteiger partial charge in [-0.25, -0.2) is 4.98 Å². The van der Waals surface area contributed by atoms with Crippen molar-refractivity contribution >= 4 is 37.7 Å². The fraction of sp³-hybridized carbons (Fsp3) is 0.0769. The highest BCUT2D eigenvalue weighted by atomic mass is 79.9. The van der Waals surface area contributed by atoms with Gasteiger partial charge >= 0.3 is 0 Å². The zero-order valence-corrected chi connectivity index (χ0v) is 11.5. The number of benzene rings is 1. The Morgan fingerprint density at radius 2 is 1.94 bits per heavy atom. The predicted octanol–water partition coefficient (Wildman–Crippen LogP) is 4.43. The number of hydrogen-bond acceptors (Lipinski definition) is 3. The summed E-state index contributed by atoms with van der Waals surface area (Å²) in [5.41, 5.74) is 3.41. The summed E-state index contributed by atoms with van der Waals surface area (Å²) >= 11 is 4.93. The van der Waals surface area contributed by atoms with Gasteiger partial charge in [0.1, 0.15) is 9.43 Å². The molecular weight excluding hydrogens is 296 g/mol. The van der Waals surface area contributed by atoms with E-state index in [0.29, 0.717) is 0 Å². The molecule has 3 rings (SSSR count). The second-order valence-corrected chi connectivity index (χ2v) is 5.33. The Balaban J connectivity index is 2.39. The highest BCUT2D eigenvalue weighted by molar-refractivity contribution is 9.10. The molecule has 0 spiro atoms. The van der Waals surface area contributed by atoms with Crippen molar-refractivity contribution in [2.45, 2.75) is 6.92 Å². The van der Waals surface area contributed by atoms with Gasteiger partial charge in [-0.1, -0.05) is 30.3 Å². The molecule has 0 N–H and O–H groups in total. The zero-order valence-electron chi connectivity index (χ0n) is 9.14. The number of pyridine rings is 1. The Kier molecular flexibility index (Phi) is 2.68. The topological polar surface area (TPSA) is 25.8 Å². The molecular formula is C13H9BrN2S. The van der Waals surface area contributed by atoms with Gasteiger partial charge in [0.25, 0.3) is 0 Å². The lowest BCUT2D eigenvalue weighted by atomic mass is 10.0. The summed E-state index contributed by atoms with van der Waals surface area (Å²) in [6.45, 7) is 2.01. The monoisotopic (exact) mass is 304 g/mol. The molecule has 0 aliphatic rings. The van der Waals surface area contributed by atoms with Crippen LogP contribution in [0.15, 0.2) is 41.0 Å². The smallest absolute Gasteiger partial charge is 0.145 e. The molecule has 0 unspecified atom stereocenters. The fourth-order valence-electron chi connectivity index (χ4n) is 1.88. The molecule has 0 saturated heterocycles. The third-order valence-electron chi connectivity index (χ3n) is 2.62. The van der Waals surface area contributed by atoms with E-state index in [1.165, 1.54) is 22.7 Å². The molecule has 0 amide bonds. The Morgan fingerprint density at radius 3 is 2.71 bits per heavy atom. The first kappa shape index (κ1) is 10.9. The summed E-state index contributed by atoms with van der Waals surface area (Å²) in [7, 11) is 0. The molecule has 0 bridgehead atoms. The van der Waals surface area contributed by atoms with Crippen LogP contribution < -0.4 is 0 Å². The lowest BCUT2D eigenvalue weighted by molar-refractivity contribution is 1.27. The molecule has 0 atom stereocenters. The van der Waals surface area contributed by atoms with E-state index in [1.807, 2.05) is 25.1 Å². The van der Waals surface area contributed by atoms with E-state index in [1.54, 1.807) is 0 Å². The van der Waals surface area contributed by atoms with Crippen LogP contribution in [0.2, 0.25) is 0 Å². The van der Waals surface area contributed by atoms with E-state index in [9.17, 15) is 0 Å². The highest BCUT2D eigenvalue weighted by Gasteiger charge is 2.12. The van der Waals surface area contributed by atoms with Crippen LogP contribution in [-0.2, 0) is 0 Å². The summed E-state index contributed by atoms with van der Waals surface area (Å²) in [4.78, 5) is 5.49. The minimum absolute atomic E-state index is 0.879. The molecule has 3 aromatic rings. The largest absolute Gasteiger partial charge is 0.241 e. The van der Waals surface area contributed by atoms with Crippen LogP contribution in [0.1, 0.15) is 5.69 Å². The predicted molar refractivity (Wildman–Crippen MR) is 75.3 cm³/mol. The molecule has 17 heavy (non-hydrogen) atoms. The molecule has 1 aromatic carbocycles. The number of aromatic nitrogens is 2. The van der Waals surface area contributed by atoms with Crippen LogP contribution in [-0.4, -0.2) is 9.36 Å². The van der Waals surface area contributed by atoms with Crippen LogP contribution in [0.25, 0.3) is 21.3 Å². The summed E-state index contributed by atoms with van der Waals surface area (Å²) in [5.74, 6) is 0. The van der Waals surface area contributed by atoms with Crippen LogP contribution in [0.4, 0.5) is 0 Å². The van der Waals surface area contributed by atoms with Crippen molar-refractivity contribution in [1.82, 2.24) is 9.36 Å². The van der Waals surface area contributed by atoms with Gasteiger partial charge in [0, 0.05) is 5.69 Å². The third-order valence-corrected chi connectivity index (χ3v) is 4.17. The fourth-order valence-corrected chi connectivity index (χ4v) is 3.37. The molecule has 0 saturated carbocycles. The zero-order chi connectivity index (χ0) is 11.8. The minimum atomic E-state index is 0.879. The van der Waals surface area contributed by atoms with E-state index in [2.05, 4.69) is 43.5 Å². The number of aryl methyl sites for hydroxylation is 1. The SMILES string of the molecule is Cc1cc(-c2ccccc2)c2c(Br)nsc2n1. The first-order chi connectivity index (χ1) is 8.25. The third kappa shape index (κ3) is 1.87. The van der Waals surface area contributed by atoms with Gasteiger partial charge in [0.2, 0.25) is 0 Å². The first-order valence-electron chi connectivity index (χ1n) is 5.23. The summed E-state index contributed by atoms with van der Waals surface area (Å²) in [6.07, 6.45) is 0. The van der Waals surface area contributed by atoms with Gasteiger partial charge in [-0.2, -0.15) is 4.37 Å². The van der Waals surface area contributed by atoms with Crippen LogP contribution in [0, 0.1) is 6.92 Å². The van der Waals surface area contributed by atoms with E-state index in [0.717, 1.165) is 20.5 Å². The average molecular weight is 305 g/mol. The summed E-state index contributed by atoms with van der Waals surface area (Å²) in [6, 6.07) is 12.4.